The van der Waals surface area contributed by atoms with Crippen LogP contribution in [0.25, 0.3) is 0 Å². The largest absolute Gasteiger partial charge is 0.389 e. The van der Waals surface area contributed by atoms with Crippen LogP contribution in [0.3, 0.4) is 0 Å². The van der Waals surface area contributed by atoms with Crippen molar-refractivity contribution in [1.82, 2.24) is 9.29 Å². The normalized spacial score (nSPS) is 13.2. The van der Waals surface area contributed by atoms with Crippen LogP contribution in [-0.2, 0) is 10.0 Å². The summed E-state index contributed by atoms with van der Waals surface area (Å²) in [4.78, 5) is 13.2. The van der Waals surface area contributed by atoms with E-state index >= 15 is 0 Å². The first-order valence-corrected chi connectivity index (χ1v) is 7.76. The van der Waals surface area contributed by atoms with Gasteiger partial charge in [0.2, 0.25) is 0 Å². The van der Waals surface area contributed by atoms with Gasteiger partial charge in [-0.15, -0.1) is 0 Å². The summed E-state index contributed by atoms with van der Waals surface area (Å²) in [5.41, 5.74) is -0.794. The minimum atomic E-state index is -3.73. The Morgan fingerprint density at radius 3 is 2.33 bits per heavy atom. The number of likely N-dealkylation sites (N-methyl/N-ethyl adjacent to an activating group) is 1. The summed E-state index contributed by atoms with van der Waals surface area (Å²) in [6, 6.07) is 0. The Hall–Kier alpha value is -0.700. The molecule has 0 saturated heterocycles. The average Bonchev–Trinajstić information content (AvgIpc) is 2.53. The lowest BCUT2D eigenvalue weighted by atomic mass is 10.1. The molecule has 0 aliphatic rings. The minimum Gasteiger partial charge on any atom is -0.389 e. The maximum atomic E-state index is 12.3. The molecule has 0 bridgehead atoms. The highest BCUT2D eigenvalue weighted by Crippen LogP contribution is 2.22. The highest BCUT2D eigenvalue weighted by atomic mass is 32.2. The van der Waals surface area contributed by atoms with Crippen molar-refractivity contribution in [3.63, 3.8) is 0 Å². The quantitative estimate of drug-likeness (QED) is 0.828. The Balaban J connectivity index is 3.19. The molecule has 0 atom stereocenters. The van der Waals surface area contributed by atoms with Crippen LogP contribution < -0.4 is 4.87 Å². The fourth-order valence-electron chi connectivity index (χ4n) is 1.55. The number of thiazole rings is 1. The molecule has 1 aromatic rings. The van der Waals surface area contributed by atoms with Crippen LogP contribution in [0.5, 0.6) is 0 Å². The summed E-state index contributed by atoms with van der Waals surface area (Å²) in [6.07, 6.45) is 0. The van der Waals surface area contributed by atoms with Crippen molar-refractivity contribution in [2.24, 2.45) is 0 Å². The van der Waals surface area contributed by atoms with Crippen LogP contribution in [0.4, 0.5) is 0 Å². The van der Waals surface area contributed by atoms with Crippen LogP contribution in [-0.4, -0.2) is 41.5 Å². The molecule has 0 aromatic carbocycles. The van der Waals surface area contributed by atoms with E-state index in [1.165, 1.54) is 18.2 Å². The topological polar surface area (TPSA) is 90.5 Å². The van der Waals surface area contributed by atoms with Crippen LogP contribution in [0.15, 0.2) is 9.00 Å². The molecule has 6 nitrogen and oxygen atoms in total. The third-order valence-electron chi connectivity index (χ3n) is 2.27. The number of aromatic nitrogens is 1. The van der Waals surface area contributed by atoms with Gasteiger partial charge < -0.3 is 10.1 Å². The molecular formula is C10H18N2O4S2. The molecule has 0 spiro atoms. The number of hydrogen-bond acceptors (Lipinski definition) is 5. The van der Waals surface area contributed by atoms with Crippen molar-refractivity contribution in [3.8, 4) is 0 Å². The van der Waals surface area contributed by atoms with Gasteiger partial charge in [0, 0.05) is 18.8 Å². The summed E-state index contributed by atoms with van der Waals surface area (Å²) in [7, 11) is -3.73. The molecule has 18 heavy (non-hydrogen) atoms. The van der Waals surface area contributed by atoms with E-state index in [9.17, 15) is 18.3 Å². The number of nitrogens with one attached hydrogen (secondary N) is 1. The Kier molecular flexibility index (Phi) is 4.37. The molecule has 104 valence electrons. The molecule has 0 unspecified atom stereocenters. The lowest BCUT2D eigenvalue weighted by Gasteiger charge is -2.26. The number of aliphatic hydroxyl groups is 1. The maximum absolute atomic E-state index is 12.3. The van der Waals surface area contributed by atoms with Crippen LogP contribution in [0, 0.1) is 6.92 Å². The predicted octanol–water partition coefficient (Wildman–Crippen LogP) is 0.526. The zero-order chi connectivity index (χ0) is 14.1. The van der Waals surface area contributed by atoms with Crippen LogP contribution >= 0.6 is 11.3 Å². The molecule has 0 aliphatic carbocycles. The van der Waals surface area contributed by atoms with Gasteiger partial charge in [-0.1, -0.05) is 18.3 Å². The van der Waals surface area contributed by atoms with E-state index in [-0.39, 0.29) is 17.3 Å². The summed E-state index contributed by atoms with van der Waals surface area (Å²) < 4.78 is 25.9. The van der Waals surface area contributed by atoms with E-state index in [1.54, 1.807) is 13.8 Å². The average molecular weight is 294 g/mol. The van der Waals surface area contributed by atoms with Gasteiger partial charge in [-0.25, -0.2) is 8.42 Å². The summed E-state index contributed by atoms with van der Waals surface area (Å²) in [5.74, 6) is 0. The summed E-state index contributed by atoms with van der Waals surface area (Å²) >= 11 is 0.669. The van der Waals surface area contributed by atoms with Crippen LogP contribution in [0.2, 0.25) is 0 Å². The first kappa shape index (κ1) is 15.4. The number of hydrogen-bond donors (Lipinski definition) is 2. The lowest BCUT2D eigenvalue weighted by Crippen LogP contribution is -2.42. The van der Waals surface area contributed by atoms with E-state index in [2.05, 4.69) is 4.98 Å². The first-order chi connectivity index (χ1) is 8.08. The molecule has 2 N–H and O–H groups in total. The molecule has 0 fully saturated rings. The van der Waals surface area contributed by atoms with E-state index in [0.717, 1.165) is 0 Å². The van der Waals surface area contributed by atoms with Crippen molar-refractivity contribution in [2.45, 2.75) is 37.5 Å². The van der Waals surface area contributed by atoms with Gasteiger partial charge in [0.25, 0.3) is 10.0 Å². The van der Waals surface area contributed by atoms with Gasteiger partial charge in [0.05, 0.1) is 5.60 Å². The summed E-state index contributed by atoms with van der Waals surface area (Å²) in [6.45, 7) is 6.53. The maximum Gasteiger partial charge on any atom is 0.305 e. The van der Waals surface area contributed by atoms with Gasteiger partial charge in [-0.05, 0) is 20.8 Å². The fourth-order valence-corrected chi connectivity index (χ4v) is 4.59. The fraction of sp³-hybridized carbons (Fsp3) is 0.700. The standard InChI is InChI=1S/C10H18N2O4S2/c1-5-12(6-10(3,4)14)18(15,16)8-7(2)11-9(13)17-8/h14H,5-6H2,1-4H3,(H,11,13). The van der Waals surface area contributed by atoms with E-state index in [1.807, 2.05) is 0 Å². The number of nitrogens with zero attached hydrogens (tertiary/aromatic N) is 1. The Bertz CT molecular complexity index is 565. The van der Waals surface area contributed by atoms with Crippen molar-refractivity contribution in [2.75, 3.05) is 13.1 Å². The second kappa shape index (κ2) is 5.12. The zero-order valence-electron chi connectivity index (χ0n) is 10.8. The van der Waals surface area contributed by atoms with Crippen molar-refractivity contribution < 1.29 is 13.5 Å². The van der Waals surface area contributed by atoms with E-state index < -0.39 is 20.5 Å². The summed E-state index contributed by atoms with van der Waals surface area (Å²) in [5, 5.41) is 9.73. The third kappa shape index (κ3) is 3.41. The third-order valence-corrected chi connectivity index (χ3v) is 5.77. The number of sulfonamides is 1. The first-order valence-electron chi connectivity index (χ1n) is 5.50. The lowest BCUT2D eigenvalue weighted by molar-refractivity contribution is 0.0602. The highest BCUT2D eigenvalue weighted by molar-refractivity contribution is 7.91. The molecule has 1 heterocycles. The van der Waals surface area contributed by atoms with Crippen molar-refractivity contribution >= 4 is 21.4 Å². The highest BCUT2D eigenvalue weighted by Gasteiger charge is 2.31. The number of aromatic amines is 1. The molecule has 0 aliphatic heterocycles. The molecule has 0 amide bonds. The van der Waals surface area contributed by atoms with Crippen molar-refractivity contribution in [1.29, 1.82) is 0 Å². The number of aryl methyl sites for hydroxylation is 1. The second-order valence-corrected chi connectivity index (χ2v) is 7.79. The monoisotopic (exact) mass is 294 g/mol. The molecular weight excluding hydrogens is 276 g/mol. The Morgan fingerprint density at radius 2 is 2.00 bits per heavy atom. The Labute approximate surface area is 110 Å². The van der Waals surface area contributed by atoms with E-state index in [0.29, 0.717) is 17.0 Å². The van der Waals surface area contributed by atoms with Gasteiger partial charge in [0.15, 0.2) is 4.21 Å². The second-order valence-electron chi connectivity index (χ2n) is 4.67. The molecule has 0 radical (unpaired) electrons. The van der Waals surface area contributed by atoms with Gasteiger partial charge in [-0.3, -0.25) is 4.79 Å². The van der Waals surface area contributed by atoms with E-state index in [4.69, 9.17) is 0 Å². The molecule has 1 rings (SSSR count). The number of H-pyrrole nitrogens is 1. The Morgan fingerprint density at radius 1 is 1.44 bits per heavy atom. The minimum absolute atomic E-state index is 0.0126. The van der Waals surface area contributed by atoms with Crippen molar-refractivity contribution in [3.05, 3.63) is 15.4 Å². The molecule has 0 saturated carbocycles. The van der Waals surface area contributed by atoms with Gasteiger partial charge >= 0.3 is 4.87 Å². The predicted molar refractivity (Wildman–Crippen MR) is 70.4 cm³/mol. The number of rotatable bonds is 5. The molecule has 1 aromatic heterocycles. The van der Waals surface area contributed by atoms with Crippen LogP contribution in [0.1, 0.15) is 26.5 Å². The molecule has 8 heteroatoms. The van der Waals surface area contributed by atoms with Gasteiger partial charge in [0.1, 0.15) is 0 Å². The van der Waals surface area contributed by atoms with Gasteiger partial charge in [-0.2, -0.15) is 4.31 Å². The zero-order valence-corrected chi connectivity index (χ0v) is 12.5. The smallest absolute Gasteiger partial charge is 0.305 e. The SMILES string of the molecule is CCN(CC(C)(C)O)S(=O)(=O)c1sc(=O)[nH]c1C.